The first-order valence-electron chi connectivity index (χ1n) is 8.70. The minimum Gasteiger partial charge on any atom is -0.369 e. The predicted molar refractivity (Wildman–Crippen MR) is 102 cm³/mol. The van der Waals surface area contributed by atoms with Gasteiger partial charge in [-0.25, -0.2) is 4.39 Å². The van der Waals surface area contributed by atoms with Gasteiger partial charge in [0.15, 0.2) is 0 Å². The summed E-state index contributed by atoms with van der Waals surface area (Å²) in [7, 11) is 0. The highest BCUT2D eigenvalue weighted by atomic mass is 35.5. The second-order valence-electron chi connectivity index (χ2n) is 6.46. The Bertz CT molecular complexity index is 843. The molecule has 1 atom stereocenters. The van der Waals surface area contributed by atoms with Crippen LogP contribution in [0.4, 0.5) is 10.1 Å². The molecular formula is C20H20ClFN4. The Labute approximate surface area is 157 Å². The molecule has 1 fully saturated rings. The third-order valence-corrected chi connectivity index (χ3v) is 5.16. The molecule has 2 aromatic carbocycles. The fourth-order valence-corrected chi connectivity index (χ4v) is 3.71. The van der Waals surface area contributed by atoms with Crippen molar-refractivity contribution in [1.29, 1.82) is 0 Å². The molecule has 1 saturated heterocycles. The number of H-pyrrole nitrogens is 1. The van der Waals surface area contributed by atoms with Crippen LogP contribution >= 0.6 is 11.6 Å². The molecule has 0 saturated carbocycles. The highest BCUT2D eigenvalue weighted by molar-refractivity contribution is 6.30. The molecule has 4 nitrogen and oxygen atoms in total. The molecule has 0 aliphatic carbocycles. The third kappa shape index (κ3) is 3.45. The Morgan fingerprint density at radius 1 is 1.00 bits per heavy atom. The van der Waals surface area contributed by atoms with E-state index in [0.717, 1.165) is 36.8 Å². The van der Waals surface area contributed by atoms with Crippen molar-refractivity contribution in [3.63, 3.8) is 0 Å². The minimum atomic E-state index is -0.182. The Morgan fingerprint density at radius 2 is 1.73 bits per heavy atom. The van der Waals surface area contributed by atoms with Gasteiger partial charge in [-0.3, -0.25) is 10.00 Å². The predicted octanol–water partition coefficient (Wildman–Crippen LogP) is 4.11. The maximum Gasteiger partial charge on any atom is 0.128 e. The Morgan fingerprint density at radius 3 is 2.38 bits per heavy atom. The van der Waals surface area contributed by atoms with Crippen LogP contribution in [0, 0.1) is 5.82 Å². The molecule has 1 N–H and O–H groups in total. The molecule has 1 aliphatic heterocycles. The number of aromatic nitrogens is 2. The van der Waals surface area contributed by atoms with Gasteiger partial charge in [0.05, 0.1) is 12.2 Å². The van der Waals surface area contributed by atoms with E-state index in [9.17, 15) is 4.39 Å². The Kier molecular flexibility index (Phi) is 4.91. The normalized spacial score (nSPS) is 16.6. The topological polar surface area (TPSA) is 35.2 Å². The lowest BCUT2D eigenvalue weighted by molar-refractivity contribution is 0.209. The minimum absolute atomic E-state index is 0.137. The monoisotopic (exact) mass is 370 g/mol. The van der Waals surface area contributed by atoms with Crippen molar-refractivity contribution >= 4 is 17.3 Å². The summed E-state index contributed by atoms with van der Waals surface area (Å²) in [6, 6.07) is 14.8. The highest BCUT2D eigenvalue weighted by Gasteiger charge is 2.28. The molecule has 0 bridgehead atoms. The number of hydrogen-bond donors (Lipinski definition) is 1. The van der Waals surface area contributed by atoms with Crippen LogP contribution < -0.4 is 4.90 Å². The van der Waals surface area contributed by atoms with E-state index in [1.54, 1.807) is 12.3 Å². The van der Waals surface area contributed by atoms with Crippen molar-refractivity contribution in [3.05, 3.63) is 82.9 Å². The van der Waals surface area contributed by atoms with Crippen molar-refractivity contribution in [2.24, 2.45) is 0 Å². The zero-order valence-electron chi connectivity index (χ0n) is 14.3. The summed E-state index contributed by atoms with van der Waals surface area (Å²) in [4.78, 5) is 4.65. The average molecular weight is 371 g/mol. The maximum absolute atomic E-state index is 14.5. The van der Waals surface area contributed by atoms with E-state index in [1.165, 1.54) is 11.8 Å². The molecule has 0 radical (unpaired) electrons. The van der Waals surface area contributed by atoms with Crippen molar-refractivity contribution in [2.75, 3.05) is 31.1 Å². The first-order chi connectivity index (χ1) is 12.7. The van der Waals surface area contributed by atoms with Gasteiger partial charge in [-0.1, -0.05) is 29.8 Å². The Balaban J connectivity index is 1.55. The van der Waals surface area contributed by atoms with E-state index in [-0.39, 0.29) is 11.9 Å². The number of hydrogen-bond acceptors (Lipinski definition) is 3. The van der Waals surface area contributed by atoms with Gasteiger partial charge in [-0.2, -0.15) is 5.10 Å². The second kappa shape index (κ2) is 7.48. The summed E-state index contributed by atoms with van der Waals surface area (Å²) >= 11 is 5.98. The lowest BCUT2D eigenvalue weighted by Crippen LogP contribution is -2.48. The molecular weight excluding hydrogens is 351 g/mol. The molecule has 2 heterocycles. The standard InChI is InChI=1S/C20H20ClFN4/c21-16-5-7-17(8-6-16)25-9-11-26(12-10-25)20(15-13-23-24-14-15)18-3-1-2-4-19(18)22/h1-8,13-14,20H,9-12H2,(H,23,24). The van der Waals surface area contributed by atoms with Crippen LogP contribution in [-0.2, 0) is 0 Å². The smallest absolute Gasteiger partial charge is 0.128 e. The van der Waals surface area contributed by atoms with Crippen LogP contribution in [0.1, 0.15) is 17.2 Å². The maximum atomic E-state index is 14.5. The van der Waals surface area contributed by atoms with Crippen LogP contribution in [0.15, 0.2) is 60.9 Å². The van der Waals surface area contributed by atoms with Crippen molar-refractivity contribution in [2.45, 2.75) is 6.04 Å². The fraction of sp³-hybridized carbons (Fsp3) is 0.250. The van der Waals surface area contributed by atoms with Crippen molar-refractivity contribution in [3.8, 4) is 0 Å². The summed E-state index contributed by atoms with van der Waals surface area (Å²) in [5.74, 6) is -0.182. The van der Waals surface area contributed by atoms with Crippen LogP contribution in [0.25, 0.3) is 0 Å². The summed E-state index contributed by atoms with van der Waals surface area (Å²) in [5.41, 5.74) is 2.84. The van der Waals surface area contributed by atoms with Gasteiger partial charge in [-0.15, -0.1) is 0 Å². The van der Waals surface area contributed by atoms with E-state index in [4.69, 9.17) is 11.6 Å². The van der Waals surface area contributed by atoms with Crippen molar-refractivity contribution in [1.82, 2.24) is 15.1 Å². The van der Waals surface area contributed by atoms with E-state index < -0.39 is 0 Å². The number of halogens is 2. The second-order valence-corrected chi connectivity index (χ2v) is 6.89. The van der Waals surface area contributed by atoms with Gasteiger partial charge < -0.3 is 4.90 Å². The SMILES string of the molecule is Fc1ccccc1C(c1cn[nH]c1)N1CCN(c2ccc(Cl)cc2)CC1. The summed E-state index contributed by atoms with van der Waals surface area (Å²) in [5, 5.41) is 7.67. The van der Waals surface area contributed by atoms with Crippen LogP contribution in [0.2, 0.25) is 5.02 Å². The zero-order chi connectivity index (χ0) is 17.9. The highest BCUT2D eigenvalue weighted by Crippen LogP contribution is 2.31. The number of benzene rings is 2. The number of rotatable bonds is 4. The zero-order valence-corrected chi connectivity index (χ0v) is 15.0. The quantitative estimate of drug-likeness (QED) is 0.750. The number of aromatic amines is 1. The van der Waals surface area contributed by atoms with E-state index in [0.29, 0.717) is 5.56 Å². The molecule has 1 aliphatic rings. The summed E-state index contributed by atoms with van der Waals surface area (Å²) in [6.45, 7) is 3.44. The third-order valence-electron chi connectivity index (χ3n) is 4.91. The van der Waals surface area contributed by atoms with Gasteiger partial charge in [0.25, 0.3) is 0 Å². The van der Waals surface area contributed by atoms with E-state index in [1.807, 2.05) is 42.6 Å². The van der Waals surface area contributed by atoms with Crippen molar-refractivity contribution < 1.29 is 4.39 Å². The number of piperazine rings is 1. The van der Waals surface area contributed by atoms with Gasteiger partial charge in [0, 0.05) is 54.2 Å². The molecule has 0 amide bonds. The number of nitrogens with one attached hydrogen (secondary N) is 1. The van der Waals surface area contributed by atoms with Gasteiger partial charge >= 0.3 is 0 Å². The number of anilines is 1. The molecule has 1 unspecified atom stereocenters. The molecule has 1 aromatic heterocycles. The molecule has 3 aromatic rings. The van der Waals surface area contributed by atoms with Crippen LogP contribution in [-0.4, -0.2) is 41.3 Å². The van der Waals surface area contributed by atoms with Crippen LogP contribution in [0.3, 0.4) is 0 Å². The molecule has 26 heavy (non-hydrogen) atoms. The Hall–Kier alpha value is -2.37. The average Bonchev–Trinajstić information content (AvgIpc) is 3.19. The molecule has 4 rings (SSSR count). The lowest BCUT2D eigenvalue weighted by Gasteiger charge is -2.40. The van der Waals surface area contributed by atoms with E-state index >= 15 is 0 Å². The summed E-state index contributed by atoms with van der Waals surface area (Å²) in [6.07, 6.45) is 3.63. The van der Waals surface area contributed by atoms with Gasteiger partial charge in [0.2, 0.25) is 0 Å². The summed E-state index contributed by atoms with van der Waals surface area (Å²) < 4.78 is 14.5. The van der Waals surface area contributed by atoms with Gasteiger partial charge in [0.1, 0.15) is 5.82 Å². The first kappa shape index (κ1) is 17.1. The van der Waals surface area contributed by atoms with Gasteiger partial charge in [-0.05, 0) is 30.3 Å². The largest absolute Gasteiger partial charge is 0.369 e. The molecule has 0 spiro atoms. The molecule has 6 heteroatoms. The van der Waals surface area contributed by atoms with E-state index in [2.05, 4.69) is 20.0 Å². The first-order valence-corrected chi connectivity index (χ1v) is 9.08. The number of nitrogens with zero attached hydrogens (tertiary/aromatic N) is 3. The fourth-order valence-electron chi connectivity index (χ4n) is 3.58. The lowest BCUT2D eigenvalue weighted by atomic mass is 9.98. The molecule has 134 valence electrons. The van der Waals surface area contributed by atoms with Crippen LogP contribution in [0.5, 0.6) is 0 Å².